The number of pyridine rings is 1. The first-order valence-electron chi connectivity index (χ1n) is 8.03. The summed E-state index contributed by atoms with van der Waals surface area (Å²) in [5.74, 6) is 0.269. The zero-order valence-corrected chi connectivity index (χ0v) is 14.5. The first-order chi connectivity index (χ1) is 12.3. The van der Waals surface area contributed by atoms with E-state index in [1.165, 1.54) is 22.2 Å². The van der Waals surface area contributed by atoms with Crippen molar-refractivity contribution >= 4 is 34.0 Å². The van der Waals surface area contributed by atoms with Crippen LogP contribution >= 0.6 is 11.3 Å². The molecule has 1 amide bonds. The lowest BCUT2D eigenvalue weighted by Crippen LogP contribution is -2.13. The third-order valence-electron chi connectivity index (χ3n) is 3.99. The Morgan fingerprint density at radius 2 is 2.04 bits per heavy atom. The van der Waals surface area contributed by atoms with Gasteiger partial charge in [-0.05, 0) is 31.2 Å². The molecule has 0 saturated carbocycles. The lowest BCUT2D eigenvalue weighted by Gasteiger charge is -2.05. The molecule has 25 heavy (non-hydrogen) atoms. The molecule has 0 aliphatic carbocycles. The molecule has 0 unspecified atom stereocenters. The van der Waals surface area contributed by atoms with Gasteiger partial charge in [0.25, 0.3) is 5.91 Å². The largest absolute Gasteiger partial charge is 0.339 e. The molecule has 1 N–H and O–H groups in total. The van der Waals surface area contributed by atoms with Crippen LogP contribution in [0.1, 0.15) is 17.4 Å². The molecule has 0 aliphatic heterocycles. The van der Waals surface area contributed by atoms with E-state index in [1.807, 2.05) is 18.2 Å². The second kappa shape index (κ2) is 6.49. The van der Waals surface area contributed by atoms with Crippen LogP contribution in [-0.4, -0.2) is 20.4 Å². The van der Waals surface area contributed by atoms with Crippen molar-refractivity contribution in [2.45, 2.75) is 13.5 Å². The number of aryl methyl sites for hydroxylation is 1. The van der Waals surface area contributed by atoms with E-state index in [9.17, 15) is 4.79 Å². The van der Waals surface area contributed by atoms with Crippen molar-refractivity contribution in [3.05, 3.63) is 65.8 Å². The predicted molar refractivity (Wildman–Crippen MR) is 101 cm³/mol. The van der Waals surface area contributed by atoms with Gasteiger partial charge in [0, 0.05) is 29.0 Å². The monoisotopic (exact) mass is 348 g/mol. The number of benzene rings is 1. The summed E-state index contributed by atoms with van der Waals surface area (Å²) in [6, 6.07) is 15.8. The van der Waals surface area contributed by atoms with E-state index in [0.717, 1.165) is 17.2 Å². The van der Waals surface area contributed by atoms with Crippen molar-refractivity contribution in [3.8, 4) is 10.7 Å². The van der Waals surface area contributed by atoms with Crippen molar-refractivity contribution in [1.29, 1.82) is 0 Å². The molecule has 3 aromatic heterocycles. The number of carbonyl (C=O) groups is 1. The fraction of sp³-hybridized carbons (Fsp3) is 0.105. The van der Waals surface area contributed by atoms with Gasteiger partial charge in [0.1, 0.15) is 16.5 Å². The smallest absolute Gasteiger partial charge is 0.276 e. The van der Waals surface area contributed by atoms with Crippen LogP contribution in [0.2, 0.25) is 0 Å². The number of nitrogens with one attached hydrogen (secondary N) is 1. The van der Waals surface area contributed by atoms with Crippen molar-refractivity contribution in [2.24, 2.45) is 0 Å². The average Bonchev–Trinajstić information content (AvgIpc) is 3.27. The zero-order chi connectivity index (χ0) is 17.2. The van der Waals surface area contributed by atoms with Crippen LogP contribution in [0.15, 0.2) is 60.1 Å². The third kappa shape index (κ3) is 2.92. The number of carbonyl (C=O) groups excluding carboxylic acids is 1. The number of para-hydroxylation sites is 1. The van der Waals surface area contributed by atoms with Crippen molar-refractivity contribution in [2.75, 3.05) is 5.32 Å². The number of hydrogen-bond acceptors (Lipinski definition) is 4. The number of fused-ring (bicyclic) bond motifs is 1. The summed E-state index contributed by atoms with van der Waals surface area (Å²) in [6.45, 7) is 2.95. The molecule has 0 atom stereocenters. The van der Waals surface area contributed by atoms with Gasteiger partial charge < -0.3 is 9.88 Å². The van der Waals surface area contributed by atoms with Crippen LogP contribution < -0.4 is 5.32 Å². The van der Waals surface area contributed by atoms with E-state index in [2.05, 4.69) is 45.0 Å². The van der Waals surface area contributed by atoms with E-state index in [1.54, 1.807) is 23.7 Å². The Morgan fingerprint density at radius 3 is 2.84 bits per heavy atom. The van der Waals surface area contributed by atoms with Gasteiger partial charge in [0.05, 0.1) is 5.69 Å². The molecule has 5 nitrogen and oxygen atoms in total. The highest BCUT2D eigenvalue weighted by Gasteiger charge is 2.16. The molecular formula is C19H16N4OS. The van der Waals surface area contributed by atoms with Crippen molar-refractivity contribution in [1.82, 2.24) is 14.5 Å². The number of rotatable bonds is 4. The summed E-state index contributed by atoms with van der Waals surface area (Å²) in [6.07, 6.45) is 1.64. The fourth-order valence-electron chi connectivity index (χ4n) is 2.84. The molecule has 6 heteroatoms. The fourth-order valence-corrected chi connectivity index (χ4v) is 3.66. The van der Waals surface area contributed by atoms with Crippen LogP contribution in [0.4, 0.5) is 5.82 Å². The second-order valence-corrected chi connectivity index (χ2v) is 6.40. The zero-order valence-electron chi connectivity index (χ0n) is 13.6. The summed E-state index contributed by atoms with van der Waals surface area (Å²) in [5.41, 5.74) is 2.61. The Balaban J connectivity index is 1.66. The maximum Gasteiger partial charge on any atom is 0.276 e. The lowest BCUT2D eigenvalue weighted by atomic mass is 10.2. The first-order valence-corrected chi connectivity index (χ1v) is 8.91. The maximum absolute atomic E-state index is 12.4. The summed E-state index contributed by atoms with van der Waals surface area (Å²) in [7, 11) is 0. The Kier molecular flexibility index (Phi) is 4.03. The number of anilines is 1. The van der Waals surface area contributed by atoms with Gasteiger partial charge in [-0.3, -0.25) is 4.79 Å². The molecule has 124 valence electrons. The van der Waals surface area contributed by atoms with Crippen LogP contribution in [-0.2, 0) is 6.54 Å². The molecule has 1 aromatic carbocycles. The van der Waals surface area contributed by atoms with Crippen molar-refractivity contribution in [3.63, 3.8) is 0 Å². The molecule has 4 rings (SSSR count). The number of nitrogens with zero attached hydrogens (tertiary/aromatic N) is 3. The van der Waals surface area contributed by atoms with Gasteiger partial charge in [0.2, 0.25) is 0 Å². The quantitative estimate of drug-likeness (QED) is 0.593. The summed E-state index contributed by atoms with van der Waals surface area (Å²) in [4.78, 5) is 21.0. The number of aromatic nitrogens is 3. The second-order valence-electron chi connectivity index (χ2n) is 5.54. The average molecular weight is 348 g/mol. The molecular weight excluding hydrogens is 332 g/mol. The minimum absolute atomic E-state index is 0.250. The van der Waals surface area contributed by atoms with Gasteiger partial charge in [0.15, 0.2) is 0 Å². The van der Waals surface area contributed by atoms with Gasteiger partial charge >= 0.3 is 0 Å². The van der Waals surface area contributed by atoms with Gasteiger partial charge in [-0.25, -0.2) is 9.97 Å². The number of thiazole rings is 1. The Labute approximate surface area is 149 Å². The van der Waals surface area contributed by atoms with Gasteiger partial charge in [-0.1, -0.05) is 24.3 Å². The van der Waals surface area contributed by atoms with Crippen LogP contribution in [0, 0.1) is 0 Å². The third-order valence-corrected chi connectivity index (χ3v) is 4.85. The highest BCUT2D eigenvalue weighted by Crippen LogP contribution is 2.30. The minimum Gasteiger partial charge on any atom is -0.339 e. The SMILES string of the molecule is CCn1c(-c2nc(C(=O)Nc3ccccn3)cs2)cc2ccccc21. The lowest BCUT2D eigenvalue weighted by molar-refractivity contribution is 0.102. The predicted octanol–water partition coefficient (Wildman–Crippen LogP) is 4.43. The van der Waals surface area contributed by atoms with E-state index >= 15 is 0 Å². The highest BCUT2D eigenvalue weighted by molar-refractivity contribution is 7.13. The molecule has 3 heterocycles. The molecule has 0 radical (unpaired) electrons. The first kappa shape index (κ1) is 15.5. The highest BCUT2D eigenvalue weighted by atomic mass is 32.1. The topological polar surface area (TPSA) is 59.8 Å². The van der Waals surface area contributed by atoms with Crippen LogP contribution in [0.5, 0.6) is 0 Å². The van der Waals surface area contributed by atoms with E-state index in [-0.39, 0.29) is 5.91 Å². The van der Waals surface area contributed by atoms with Gasteiger partial charge in [-0.15, -0.1) is 11.3 Å². The molecule has 0 bridgehead atoms. The molecule has 0 saturated heterocycles. The Morgan fingerprint density at radius 1 is 1.20 bits per heavy atom. The molecule has 0 spiro atoms. The van der Waals surface area contributed by atoms with Crippen LogP contribution in [0.3, 0.4) is 0 Å². The standard InChI is InChI=1S/C19H16N4OS/c1-2-23-15-8-4-3-7-13(15)11-16(23)19-21-14(12-25-19)18(24)22-17-9-5-6-10-20-17/h3-12H,2H2,1H3,(H,20,22,24). The van der Waals surface area contributed by atoms with Gasteiger partial charge in [-0.2, -0.15) is 0 Å². The number of amides is 1. The maximum atomic E-state index is 12.4. The molecule has 0 aliphatic rings. The van der Waals surface area contributed by atoms with Crippen molar-refractivity contribution < 1.29 is 4.79 Å². The normalized spacial score (nSPS) is 10.9. The molecule has 0 fully saturated rings. The Bertz CT molecular complexity index is 1040. The molecule has 4 aromatic rings. The summed E-state index contributed by atoms with van der Waals surface area (Å²) >= 11 is 1.47. The minimum atomic E-state index is -0.250. The summed E-state index contributed by atoms with van der Waals surface area (Å²) < 4.78 is 2.22. The number of hydrogen-bond donors (Lipinski definition) is 1. The van der Waals surface area contributed by atoms with E-state index in [4.69, 9.17) is 0 Å². The Hall–Kier alpha value is -2.99. The summed E-state index contributed by atoms with van der Waals surface area (Å²) in [5, 5.41) is 6.56. The van der Waals surface area contributed by atoms with E-state index in [0.29, 0.717) is 11.5 Å². The van der Waals surface area contributed by atoms with Crippen LogP contribution in [0.25, 0.3) is 21.6 Å². The van der Waals surface area contributed by atoms with E-state index < -0.39 is 0 Å².